The number of fused-ring (bicyclic) bond motifs is 1. The second-order valence-corrected chi connectivity index (χ2v) is 8.26. The van der Waals surface area contributed by atoms with Gasteiger partial charge in [-0.1, -0.05) is 54.6 Å². The summed E-state index contributed by atoms with van der Waals surface area (Å²) in [6.07, 6.45) is 0.832. The molecule has 1 N–H and O–H groups in total. The molecule has 0 radical (unpaired) electrons. The topological polar surface area (TPSA) is 41.6 Å². The molecule has 0 bridgehead atoms. The molecule has 30 heavy (non-hydrogen) atoms. The fourth-order valence-corrected chi connectivity index (χ4v) is 4.56. The van der Waals surface area contributed by atoms with Crippen molar-refractivity contribution in [1.82, 2.24) is 4.90 Å². The van der Waals surface area contributed by atoms with Gasteiger partial charge in [0.25, 0.3) is 0 Å². The summed E-state index contributed by atoms with van der Waals surface area (Å²) in [4.78, 5) is 15.4. The van der Waals surface area contributed by atoms with Gasteiger partial charge in [0, 0.05) is 23.7 Å². The summed E-state index contributed by atoms with van der Waals surface area (Å²) in [6.45, 7) is 5.00. The molecular formula is C26H28N2O2. The van der Waals surface area contributed by atoms with Crippen molar-refractivity contribution in [2.75, 3.05) is 19.0 Å². The van der Waals surface area contributed by atoms with Gasteiger partial charge in [0.2, 0.25) is 0 Å². The lowest BCUT2D eigenvalue weighted by Gasteiger charge is -2.43. The molecule has 0 saturated heterocycles. The number of nitrogens with zero attached hydrogens (tertiary/aromatic N) is 1. The molecule has 3 aromatic carbocycles. The molecule has 0 aliphatic carbocycles. The van der Waals surface area contributed by atoms with E-state index in [0.29, 0.717) is 6.54 Å². The first-order valence-electron chi connectivity index (χ1n) is 10.4. The summed E-state index contributed by atoms with van der Waals surface area (Å²) in [5.74, 6) is 0.849. The van der Waals surface area contributed by atoms with Gasteiger partial charge >= 0.3 is 6.03 Å². The van der Waals surface area contributed by atoms with Crippen molar-refractivity contribution in [3.05, 3.63) is 95.6 Å². The highest BCUT2D eigenvalue weighted by atomic mass is 16.5. The van der Waals surface area contributed by atoms with Gasteiger partial charge in [-0.3, -0.25) is 0 Å². The fraction of sp³-hybridized carbons (Fsp3) is 0.269. The molecule has 4 rings (SSSR count). The predicted octanol–water partition coefficient (Wildman–Crippen LogP) is 5.70. The van der Waals surface area contributed by atoms with Crippen LogP contribution >= 0.6 is 0 Å². The highest BCUT2D eigenvalue weighted by molar-refractivity contribution is 5.90. The average molecular weight is 401 g/mol. The molecular weight excluding hydrogens is 372 g/mol. The third kappa shape index (κ3) is 3.78. The van der Waals surface area contributed by atoms with E-state index in [-0.39, 0.29) is 11.9 Å². The van der Waals surface area contributed by atoms with E-state index in [4.69, 9.17) is 4.74 Å². The number of amides is 2. The number of rotatable bonds is 3. The molecule has 0 fully saturated rings. The monoisotopic (exact) mass is 400 g/mol. The lowest BCUT2D eigenvalue weighted by Crippen LogP contribution is -2.52. The third-order valence-electron chi connectivity index (χ3n) is 6.09. The maximum atomic E-state index is 13.4. The molecule has 1 heterocycles. The van der Waals surface area contributed by atoms with Crippen LogP contribution in [0, 0.1) is 0 Å². The van der Waals surface area contributed by atoms with E-state index >= 15 is 0 Å². The molecule has 154 valence electrons. The summed E-state index contributed by atoms with van der Waals surface area (Å²) < 4.78 is 5.22. The molecule has 0 spiro atoms. The highest BCUT2D eigenvalue weighted by Gasteiger charge is 2.42. The van der Waals surface area contributed by atoms with Gasteiger partial charge in [-0.2, -0.15) is 0 Å². The molecule has 4 nitrogen and oxygen atoms in total. The van der Waals surface area contributed by atoms with Gasteiger partial charge in [-0.05, 0) is 61.2 Å². The number of hydrogen-bond acceptors (Lipinski definition) is 2. The first kappa shape index (κ1) is 20.0. The average Bonchev–Trinajstić information content (AvgIpc) is 2.87. The van der Waals surface area contributed by atoms with Crippen LogP contribution < -0.4 is 10.1 Å². The van der Waals surface area contributed by atoms with Crippen LogP contribution in [-0.2, 0) is 6.42 Å². The Balaban J connectivity index is 1.70. The SMILES string of the molecule is COc1ccc(NC(=O)N2CCc3ccccc3C(c3ccccc3)C2(C)C)cc1. The largest absolute Gasteiger partial charge is 0.497 e. The van der Waals surface area contributed by atoms with Crippen molar-refractivity contribution in [2.45, 2.75) is 31.7 Å². The van der Waals surface area contributed by atoms with E-state index in [9.17, 15) is 4.79 Å². The Bertz CT molecular complexity index is 1010. The van der Waals surface area contributed by atoms with E-state index in [2.05, 4.69) is 67.7 Å². The standard InChI is InChI=1S/C26H28N2O2/c1-26(2)24(20-10-5-4-6-11-20)23-12-8-7-9-19(23)17-18-28(26)25(29)27-21-13-15-22(30-3)16-14-21/h4-16,24H,17-18H2,1-3H3,(H,27,29). The number of urea groups is 1. The fourth-order valence-electron chi connectivity index (χ4n) is 4.56. The predicted molar refractivity (Wildman–Crippen MR) is 121 cm³/mol. The zero-order valence-corrected chi connectivity index (χ0v) is 17.8. The van der Waals surface area contributed by atoms with Crippen molar-refractivity contribution in [3.8, 4) is 5.75 Å². The van der Waals surface area contributed by atoms with E-state index in [0.717, 1.165) is 17.9 Å². The van der Waals surface area contributed by atoms with Crippen LogP contribution in [0.4, 0.5) is 10.5 Å². The summed E-state index contributed by atoms with van der Waals surface area (Å²) >= 11 is 0. The smallest absolute Gasteiger partial charge is 0.322 e. The van der Waals surface area contributed by atoms with Crippen LogP contribution in [0.3, 0.4) is 0 Å². The summed E-state index contributed by atoms with van der Waals surface area (Å²) in [5, 5.41) is 3.08. The minimum Gasteiger partial charge on any atom is -0.497 e. The molecule has 0 aromatic heterocycles. The second kappa shape index (κ2) is 8.23. The first-order chi connectivity index (χ1) is 14.5. The Morgan fingerprint density at radius 2 is 1.63 bits per heavy atom. The van der Waals surface area contributed by atoms with Gasteiger partial charge in [-0.15, -0.1) is 0 Å². The third-order valence-corrected chi connectivity index (χ3v) is 6.09. The van der Waals surface area contributed by atoms with Crippen LogP contribution in [0.15, 0.2) is 78.9 Å². The lowest BCUT2D eigenvalue weighted by molar-refractivity contribution is 0.139. The number of hydrogen-bond donors (Lipinski definition) is 1. The number of methoxy groups -OCH3 is 1. The van der Waals surface area contributed by atoms with Gasteiger partial charge in [0.1, 0.15) is 5.75 Å². The Hall–Kier alpha value is -3.27. The molecule has 1 aliphatic heterocycles. The number of carbonyl (C=O) groups excluding carboxylic acids is 1. The number of anilines is 1. The number of benzene rings is 3. The van der Waals surface area contributed by atoms with Gasteiger partial charge in [0.05, 0.1) is 7.11 Å². The van der Waals surface area contributed by atoms with Crippen LogP contribution in [0.5, 0.6) is 5.75 Å². The van der Waals surface area contributed by atoms with E-state index in [1.165, 1.54) is 16.7 Å². The summed E-state index contributed by atoms with van der Waals surface area (Å²) in [5.41, 5.74) is 4.17. The molecule has 0 saturated carbocycles. The zero-order chi connectivity index (χ0) is 21.1. The Kier molecular flexibility index (Phi) is 5.49. The van der Waals surface area contributed by atoms with Crippen LogP contribution in [0.25, 0.3) is 0 Å². The highest BCUT2D eigenvalue weighted by Crippen LogP contribution is 2.42. The molecule has 2 amide bonds. The minimum atomic E-state index is -0.412. The van der Waals surface area contributed by atoms with Crippen LogP contribution in [0.1, 0.15) is 36.5 Å². The Labute approximate surface area is 178 Å². The van der Waals surface area contributed by atoms with Crippen molar-refractivity contribution < 1.29 is 9.53 Å². The number of nitrogens with one attached hydrogen (secondary N) is 1. The van der Waals surface area contributed by atoms with Crippen LogP contribution in [-0.4, -0.2) is 30.1 Å². The lowest BCUT2D eigenvalue weighted by atomic mass is 9.75. The zero-order valence-electron chi connectivity index (χ0n) is 17.8. The van der Waals surface area contributed by atoms with Crippen molar-refractivity contribution >= 4 is 11.7 Å². The van der Waals surface area contributed by atoms with E-state index in [1.807, 2.05) is 35.2 Å². The maximum absolute atomic E-state index is 13.4. The number of ether oxygens (including phenoxy) is 1. The van der Waals surface area contributed by atoms with E-state index in [1.54, 1.807) is 7.11 Å². The second-order valence-electron chi connectivity index (χ2n) is 8.26. The normalized spacial score (nSPS) is 17.6. The Morgan fingerprint density at radius 3 is 2.33 bits per heavy atom. The van der Waals surface area contributed by atoms with Crippen molar-refractivity contribution in [1.29, 1.82) is 0 Å². The molecule has 3 aromatic rings. The minimum absolute atomic E-state index is 0.0824. The van der Waals surface area contributed by atoms with Gasteiger partial charge < -0.3 is 15.0 Å². The quantitative estimate of drug-likeness (QED) is 0.613. The molecule has 4 heteroatoms. The molecule has 1 unspecified atom stereocenters. The van der Waals surface area contributed by atoms with Crippen molar-refractivity contribution in [2.24, 2.45) is 0 Å². The number of carbonyl (C=O) groups is 1. The van der Waals surface area contributed by atoms with Gasteiger partial charge in [-0.25, -0.2) is 4.79 Å². The summed E-state index contributed by atoms with van der Waals surface area (Å²) in [7, 11) is 1.63. The maximum Gasteiger partial charge on any atom is 0.322 e. The molecule has 1 aliphatic rings. The first-order valence-corrected chi connectivity index (χ1v) is 10.4. The Morgan fingerprint density at radius 1 is 0.967 bits per heavy atom. The molecule has 1 atom stereocenters. The summed E-state index contributed by atoms with van der Waals surface area (Å²) in [6, 6.07) is 26.4. The van der Waals surface area contributed by atoms with Crippen molar-refractivity contribution in [3.63, 3.8) is 0 Å². The van der Waals surface area contributed by atoms with E-state index < -0.39 is 5.54 Å². The van der Waals surface area contributed by atoms with Crippen LogP contribution in [0.2, 0.25) is 0 Å². The van der Waals surface area contributed by atoms with Gasteiger partial charge in [0.15, 0.2) is 0 Å².